The zero-order valence-electron chi connectivity index (χ0n) is 20.8. The summed E-state index contributed by atoms with van der Waals surface area (Å²) in [5.41, 5.74) is 4.00. The summed E-state index contributed by atoms with van der Waals surface area (Å²) in [7, 11) is 2.10. The summed E-state index contributed by atoms with van der Waals surface area (Å²) in [5, 5.41) is 0. The number of anilines is 2. The van der Waals surface area contributed by atoms with Crippen LogP contribution >= 0.6 is 0 Å². The molecule has 7 heterocycles. The molecule has 2 amide bonds. The van der Waals surface area contributed by atoms with Crippen molar-refractivity contribution in [1.29, 1.82) is 0 Å². The van der Waals surface area contributed by atoms with Crippen molar-refractivity contribution in [3.63, 3.8) is 0 Å². The molecule has 7 nitrogen and oxygen atoms in total. The van der Waals surface area contributed by atoms with Gasteiger partial charge in [-0.15, -0.1) is 0 Å². The van der Waals surface area contributed by atoms with E-state index in [0.717, 1.165) is 13.0 Å². The molecule has 0 saturated carbocycles. The first-order chi connectivity index (χ1) is 17.3. The SMILES string of the molecule is CN1c2ccccc2[C@]23C[C@@H]4O[C@@]4(C)CN4c5ccccc5C5(C)CC6C(=O)N(C12)[C@@H](C3)C(=O)N6[C@@H]45. The fourth-order valence-corrected chi connectivity index (χ4v) is 9.42. The van der Waals surface area contributed by atoms with E-state index >= 15 is 0 Å². The third-order valence-electron chi connectivity index (χ3n) is 10.9. The molecule has 36 heavy (non-hydrogen) atoms. The molecule has 1 spiro atoms. The Hall–Kier alpha value is -3.06. The molecule has 3 unspecified atom stereocenters. The lowest BCUT2D eigenvalue weighted by molar-refractivity contribution is -0.161. The van der Waals surface area contributed by atoms with Gasteiger partial charge in [0.2, 0.25) is 11.8 Å². The number of carbonyl (C=O) groups excluding carboxylic acids is 2. The van der Waals surface area contributed by atoms with Crippen molar-refractivity contribution in [2.75, 3.05) is 23.4 Å². The van der Waals surface area contributed by atoms with E-state index in [2.05, 4.69) is 79.2 Å². The monoisotopic (exact) mass is 482 g/mol. The molecule has 5 fully saturated rings. The van der Waals surface area contributed by atoms with E-state index in [9.17, 15) is 9.59 Å². The summed E-state index contributed by atoms with van der Waals surface area (Å²) in [4.78, 5) is 37.6. The number of carbonyl (C=O) groups is 2. The molecule has 0 radical (unpaired) electrons. The topological polar surface area (TPSA) is 59.6 Å². The highest BCUT2D eigenvalue weighted by Crippen LogP contribution is 2.63. The maximum Gasteiger partial charge on any atom is 0.247 e. The molecule has 9 rings (SSSR count). The second-order valence-corrected chi connectivity index (χ2v) is 12.6. The van der Waals surface area contributed by atoms with Gasteiger partial charge in [-0.25, -0.2) is 0 Å². The van der Waals surface area contributed by atoms with Crippen LogP contribution in [-0.2, 0) is 25.2 Å². The maximum atomic E-state index is 14.5. The van der Waals surface area contributed by atoms with Gasteiger partial charge in [-0.2, -0.15) is 0 Å². The molecule has 7 aliphatic rings. The number of ether oxygens (including phenoxy) is 1. The summed E-state index contributed by atoms with van der Waals surface area (Å²) < 4.78 is 6.56. The Labute approximate surface area is 210 Å². The average Bonchev–Trinajstić information content (AvgIpc) is 3.14. The Morgan fingerprint density at radius 1 is 0.806 bits per heavy atom. The molecule has 2 aromatic rings. The van der Waals surface area contributed by atoms with E-state index in [1.807, 2.05) is 9.80 Å². The van der Waals surface area contributed by atoms with Crippen molar-refractivity contribution in [2.24, 2.45) is 0 Å². The van der Waals surface area contributed by atoms with Crippen LogP contribution in [0.1, 0.15) is 44.2 Å². The second kappa shape index (κ2) is 5.75. The number of amides is 2. The molecule has 0 aliphatic carbocycles. The van der Waals surface area contributed by atoms with Crippen LogP contribution in [0.2, 0.25) is 0 Å². The van der Waals surface area contributed by atoms with Gasteiger partial charge in [-0.1, -0.05) is 43.3 Å². The molecule has 184 valence electrons. The fourth-order valence-electron chi connectivity index (χ4n) is 9.42. The first kappa shape index (κ1) is 20.0. The van der Waals surface area contributed by atoms with Crippen LogP contribution in [0.5, 0.6) is 0 Å². The Kier molecular flexibility index (Phi) is 3.20. The highest BCUT2D eigenvalue weighted by Gasteiger charge is 2.74. The number of piperazine rings is 1. The van der Waals surface area contributed by atoms with Crippen LogP contribution in [0.25, 0.3) is 0 Å². The maximum absolute atomic E-state index is 14.5. The van der Waals surface area contributed by atoms with Crippen LogP contribution in [0, 0.1) is 0 Å². The highest BCUT2D eigenvalue weighted by molar-refractivity contribution is 6.00. The Morgan fingerprint density at radius 2 is 1.44 bits per heavy atom. The van der Waals surface area contributed by atoms with E-state index in [1.165, 1.54) is 22.5 Å². The second-order valence-electron chi connectivity index (χ2n) is 12.6. The smallest absolute Gasteiger partial charge is 0.247 e. The number of fused-ring (bicyclic) bond motifs is 6. The van der Waals surface area contributed by atoms with Gasteiger partial charge in [-0.05, 0) is 49.4 Å². The minimum Gasteiger partial charge on any atom is -0.364 e. The quantitative estimate of drug-likeness (QED) is 0.541. The largest absolute Gasteiger partial charge is 0.364 e. The number of rotatable bonds is 0. The Morgan fingerprint density at radius 3 is 2.22 bits per heavy atom. The van der Waals surface area contributed by atoms with E-state index in [1.54, 1.807) is 0 Å². The van der Waals surface area contributed by atoms with Crippen molar-refractivity contribution in [1.82, 2.24) is 9.80 Å². The molecule has 7 aliphatic heterocycles. The average molecular weight is 483 g/mol. The normalized spacial score (nSPS) is 44.5. The van der Waals surface area contributed by atoms with Gasteiger partial charge in [0.1, 0.15) is 30.0 Å². The summed E-state index contributed by atoms with van der Waals surface area (Å²) in [6.45, 7) is 5.23. The van der Waals surface area contributed by atoms with Gasteiger partial charge >= 0.3 is 0 Å². The van der Waals surface area contributed by atoms with Gasteiger partial charge < -0.3 is 24.3 Å². The van der Waals surface area contributed by atoms with E-state index in [-0.39, 0.29) is 46.7 Å². The lowest BCUT2D eigenvalue weighted by Gasteiger charge is -2.47. The van der Waals surface area contributed by atoms with Crippen LogP contribution in [0.15, 0.2) is 48.5 Å². The fraction of sp³-hybridized carbons (Fsp3) is 0.517. The predicted molar refractivity (Wildman–Crippen MR) is 134 cm³/mol. The van der Waals surface area contributed by atoms with Gasteiger partial charge in [0, 0.05) is 29.3 Å². The van der Waals surface area contributed by atoms with Crippen LogP contribution in [0.4, 0.5) is 11.4 Å². The molecule has 5 saturated heterocycles. The van der Waals surface area contributed by atoms with Crippen LogP contribution in [0.3, 0.4) is 0 Å². The van der Waals surface area contributed by atoms with Crippen molar-refractivity contribution < 1.29 is 14.3 Å². The molecule has 7 heteroatoms. The summed E-state index contributed by atoms with van der Waals surface area (Å²) in [5.74, 6) is 0.256. The first-order valence-corrected chi connectivity index (χ1v) is 13.3. The molecule has 0 aromatic heterocycles. The first-order valence-electron chi connectivity index (χ1n) is 13.3. The number of hydrogen-bond donors (Lipinski definition) is 0. The Balaban J connectivity index is 1.30. The number of hydrogen-bond acceptors (Lipinski definition) is 5. The third-order valence-corrected chi connectivity index (χ3v) is 10.9. The van der Waals surface area contributed by atoms with Crippen molar-refractivity contribution >= 4 is 23.2 Å². The lowest BCUT2D eigenvalue weighted by Crippen LogP contribution is -2.68. The predicted octanol–water partition coefficient (Wildman–Crippen LogP) is 2.58. The summed E-state index contributed by atoms with van der Waals surface area (Å²) >= 11 is 0. The summed E-state index contributed by atoms with van der Waals surface area (Å²) in [6.07, 6.45) is 1.94. The van der Waals surface area contributed by atoms with E-state index in [4.69, 9.17) is 4.74 Å². The highest BCUT2D eigenvalue weighted by atomic mass is 16.6. The molecule has 8 atom stereocenters. The number of benzene rings is 2. The number of epoxide rings is 1. The molecule has 2 aromatic carbocycles. The van der Waals surface area contributed by atoms with Crippen LogP contribution in [-0.4, -0.2) is 71.3 Å². The summed E-state index contributed by atoms with van der Waals surface area (Å²) in [6, 6.07) is 16.2. The molecular weight excluding hydrogens is 452 g/mol. The number of nitrogens with zero attached hydrogens (tertiary/aromatic N) is 4. The van der Waals surface area contributed by atoms with E-state index in [0.29, 0.717) is 12.8 Å². The van der Waals surface area contributed by atoms with Gasteiger partial charge in [0.15, 0.2) is 0 Å². The minimum atomic E-state index is -0.425. The Bertz CT molecular complexity index is 1410. The van der Waals surface area contributed by atoms with E-state index < -0.39 is 12.1 Å². The van der Waals surface area contributed by atoms with Gasteiger partial charge in [0.05, 0.1) is 12.6 Å². The van der Waals surface area contributed by atoms with Gasteiger partial charge in [-0.3, -0.25) is 9.59 Å². The number of para-hydroxylation sites is 2. The standard InChI is InChI=1S/C29H30N4O3/c1-27-12-20-23(34)33-21-13-29(17-9-5-6-10-18(17)30(3)26(29)33)14-22-28(2,36-22)15-31(25(27)32(20)24(21)35)19-11-7-4-8-16(19)27/h4-11,20-22,25-26H,12-15H2,1-3H3/t20?,21-,22-,25+,26?,27?,28-,29-/m0/s1. The molecular formula is C29H30N4O3. The zero-order valence-corrected chi connectivity index (χ0v) is 20.8. The van der Waals surface area contributed by atoms with Crippen molar-refractivity contribution in [3.05, 3.63) is 59.7 Å². The molecule has 0 N–H and O–H groups in total. The van der Waals surface area contributed by atoms with Crippen molar-refractivity contribution in [3.8, 4) is 0 Å². The minimum absolute atomic E-state index is 0.0903. The zero-order chi connectivity index (χ0) is 24.4. The van der Waals surface area contributed by atoms with Gasteiger partial charge in [0.25, 0.3) is 0 Å². The molecule has 3 bridgehead atoms. The van der Waals surface area contributed by atoms with Crippen LogP contribution < -0.4 is 9.80 Å². The number of likely N-dealkylation sites (N-methyl/N-ethyl adjacent to an activating group) is 1. The third kappa shape index (κ3) is 1.93. The van der Waals surface area contributed by atoms with Crippen molar-refractivity contribution in [2.45, 2.75) is 80.1 Å². The lowest BCUT2D eigenvalue weighted by atomic mass is 9.73.